The van der Waals surface area contributed by atoms with E-state index >= 15 is 0 Å². The molecule has 0 nitrogen and oxygen atoms in total. The van der Waals surface area contributed by atoms with Crippen LogP contribution in [0.1, 0.15) is 41.5 Å². The molecule has 0 aromatic heterocycles. The van der Waals surface area contributed by atoms with Crippen molar-refractivity contribution >= 4 is 25.1 Å². The Balaban J connectivity index is -0.000000224. The summed E-state index contributed by atoms with van der Waals surface area (Å²) in [6.45, 7) is 17.5. The summed E-state index contributed by atoms with van der Waals surface area (Å²) in [4.78, 5) is 0. The number of hydrogen-bond acceptors (Lipinski definition) is 0. The Kier molecular flexibility index (Phi) is 16.5. The van der Waals surface area contributed by atoms with Crippen molar-refractivity contribution < 1.29 is 22.4 Å². The van der Waals surface area contributed by atoms with Crippen molar-refractivity contribution in [3.05, 3.63) is 6.66 Å². The number of rotatable bonds is 6. The molecule has 0 N–H and O–H groups in total. The third kappa shape index (κ3) is 11.4. The fourth-order valence-electron chi connectivity index (χ4n) is 1.34. The van der Waals surface area contributed by atoms with Crippen molar-refractivity contribution in [2.75, 3.05) is 37.0 Å². The van der Waals surface area contributed by atoms with Gasteiger partial charge in [-0.1, -0.05) is 20.8 Å². The van der Waals surface area contributed by atoms with E-state index in [2.05, 4.69) is 48.2 Å². The van der Waals surface area contributed by atoms with E-state index in [1.807, 2.05) is 0 Å². The molecule has 0 atom stereocenters. The van der Waals surface area contributed by atoms with Gasteiger partial charge in [0.25, 0.3) is 0 Å². The van der Waals surface area contributed by atoms with Crippen molar-refractivity contribution in [3.8, 4) is 0 Å². The van der Waals surface area contributed by atoms with Crippen LogP contribution in [0.5, 0.6) is 0 Å². The van der Waals surface area contributed by atoms with Gasteiger partial charge in [-0.25, -0.2) is 0 Å². The van der Waals surface area contributed by atoms with E-state index in [9.17, 15) is 0 Å². The molecule has 0 bridgehead atoms. The van der Waals surface area contributed by atoms with Crippen molar-refractivity contribution in [3.63, 3.8) is 0 Å². The van der Waals surface area contributed by atoms with Crippen molar-refractivity contribution in [1.82, 2.24) is 0 Å². The van der Waals surface area contributed by atoms with Gasteiger partial charge in [0.05, 0.1) is 0 Å². The second-order valence-corrected chi connectivity index (χ2v) is 16.0. The monoisotopic (exact) mass is 482 g/mol. The molecule has 0 fully saturated rings. The van der Waals surface area contributed by atoms with Crippen molar-refractivity contribution in [1.29, 1.82) is 0 Å². The number of halogens is 1. The zero-order valence-electron chi connectivity index (χ0n) is 12.5. The molecule has 0 radical (unpaired) electrons. The van der Waals surface area contributed by atoms with E-state index in [1.54, 1.807) is 0 Å². The van der Waals surface area contributed by atoms with Gasteiger partial charge in [0.15, 0.2) is 0 Å². The topological polar surface area (TPSA) is 0 Å². The van der Waals surface area contributed by atoms with Gasteiger partial charge in [-0.2, -0.15) is 0 Å². The van der Waals surface area contributed by atoms with Gasteiger partial charge >= 0.3 is 85.5 Å². The predicted molar refractivity (Wildman–Crippen MR) is 88.3 cm³/mol. The number of hydrogen-bond donors (Lipinski definition) is 0. The molecule has 0 aliphatic carbocycles. The van der Waals surface area contributed by atoms with E-state index in [1.165, 1.54) is 18.5 Å². The van der Waals surface area contributed by atoms with Gasteiger partial charge in [-0.15, -0.1) is 7.92 Å². The summed E-state index contributed by atoms with van der Waals surface area (Å²) in [6.07, 6.45) is 7.47. The Labute approximate surface area is 132 Å². The maximum atomic E-state index is 6.37. The molecule has 0 aromatic carbocycles. The Morgan fingerprint density at radius 2 is 1.06 bits per heavy atom. The third-order valence-electron chi connectivity index (χ3n) is 3.71. The first-order valence-electron chi connectivity index (χ1n) is 6.63. The minimum atomic E-state index is -1.90. The molecule has 0 spiro atoms. The van der Waals surface area contributed by atoms with Crippen LogP contribution in [0.3, 0.4) is 0 Å². The van der Waals surface area contributed by atoms with Gasteiger partial charge in [-0.3, -0.25) is 0 Å². The summed E-state index contributed by atoms with van der Waals surface area (Å²) >= 11 is 6.37. The molecule has 0 amide bonds. The normalized spacial score (nSPS) is 13.1. The van der Waals surface area contributed by atoms with Crippen molar-refractivity contribution in [2.24, 2.45) is 0 Å². The van der Waals surface area contributed by atoms with Crippen LogP contribution in [-0.4, -0.2) is 37.0 Å². The van der Waals surface area contributed by atoms with Crippen LogP contribution >= 0.6 is 25.1 Å². The molecule has 0 heterocycles. The second kappa shape index (κ2) is 11.7. The molecule has 0 aliphatic rings. The minimum absolute atomic E-state index is 0. The summed E-state index contributed by atoms with van der Waals surface area (Å²) in [7, 11) is 0.446. The first kappa shape index (κ1) is 23.9. The zero-order valence-corrected chi connectivity index (χ0v) is 17.2. The third-order valence-corrected chi connectivity index (χ3v) is 13.3. The van der Waals surface area contributed by atoms with E-state index < -0.39 is 5.96 Å². The van der Waals surface area contributed by atoms with Gasteiger partial charge in [0.1, 0.15) is 0 Å². The van der Waals surface area contributed by atoms with Crippen LogP contribution in [0, 0.1) is 6.66 Å². The molecule has 0 saturated heterocycles. The first-order valence-corrected chi connectivity index (χ1v) is 12.4. The summed E-state index contributed by atoms with van der Waals surface area (Å²) < 4.78 is 0. The molecular formula is C13H32AuClP2. The first-order chi connectivity index (χ1) is 7.31. The molecule has 4 heteroatoms. The van der Waals surface area contributed by atoms with Gasteiger partial charge in [-0.05, 0) is 18.5 Å². The average molecular weight is 483 g/mol. The fourth-order valence-corrected chi connectivity index (χ4v) is 4.02. The summed E-state index contributed by atoms with van der Waals surface area (Å²) in [5.41, 5.74) is 0. The van der Waals surface area contributed by atoms with Crippen LogP contribution in [0.2, 0.25) is 0 Å². The zero-order chi connectivity index (χ0) is 13.3. The maximum absolute atomic E-state index is 6.37. The molecule has 0 aromatic rings. The SMILES string of the molecule is CCP(CC)CC.[Au+].[CH2-]P(Cl)(CC)(CC)CC. The van der Waals surface area contributed by atoms with Crippen molar-refractivity contribution in [2.45, 2.75) is 41.5 Å². The van der Waals surface area contributed by atoms with Gasteiger partial charge < -0.3 is 0 Å². The molecule has 112 valence electrons. The average Bonchev–Trinajstić information content (AvgIpc) is 2.33. The summed E-state index contributed by atoms with van der Waals surface area (Å²) in [5, 5.41) is 0. The Morgan fingerprint density at radius 1 is 0.824 bits per heavy atom. The van der Waals surface area contributed by atoms with Crippen LogP contribution in [0.15, 0.2) is 0 Å². The van der Waals surface area contributed by atoms with E-state index in [0.29, 0.717) is 7.92 Å². The predicted octanol–water partition coefficient (Wildman–Crippen LogP) is 6.07. The Bertz CT molecular complexity index is 146. The van der Waals surface area contributed by atoms with Crippen LogP contribution in [-0.2, 0) is 22.4 Å². The van der Waals surface area contributed by atoms with E-state index in [4.69, 9.17) is 11.2 Å². The quantitative estimate of drug-likeness (QED) is 0.245. The van der Waals surface area contributed by atoms with Gasteiger partial charge in [0.2, 0.25) is 0 Å². The summed E-state index contributed by atoms with van der Waals surface area (Å²) in [6, 6.07) is 0. The fraction of sp³-hybridized carbons (Fsp3) is 0.923. The van der Waals surface area contributed by atoms with E-state index in [0.717, 1.165) is 18.5 Å². The van der Waals surface area contributed by atoms with Crippen LogP contribution < -0.4 is 0 Å². The molecule has 0 unspecified atom stereocenters. The van der Waals surface area contributed by atoms with E-state index in [-0.39, 0.29) is 22.4 Å². The molecule has 0 aliphatic heterocycles. The Morgan fingerprint density at radius 3 is 1.06 bits per heavy atom. The second-order valence-electron chi connectivity index (χ2n) is 4.39. The molecular weight excluding hydrogens is 451 g/mol. The Hall–Kier alpha value is 1.89. The molecule has 0 rings (SSSR count). The van der Waals surface area contributed by atoms with Crippen LogP contribution in [0.4, 0.5) is 0 Å². The molecule has 17 heavy (non-hydrogen) atoms. The standard InChI is InChI=1S/C7H17ClP.C6H15P.Au/c1-5-9(4,8,6-2)7-3;1-4-7(5-2)6-3;/h4-7H2,1-3H3;4-6H2,1-3H3;/q-1;;+1. The van der Waals surface area contributed by atoms with Gasteiger partial charge in [0, 0.05) is 0 Å². The van der Waals surface area contributed by atoms with Crippen LogP contribution in [0.25, 0.3) is 0 Å². The summed E-state index contributed by atoms with van der Waals surface area (Å²) in [5.74, 6) is -1.90. The molecule has 0 saturated carbocycles.